The highest BCUT2D eigenvalue weighted by Crippen LogP contribution is 2.32. The van der Waals surface area contributed by atoms with E-state index in [1.807, 2.05) is 23.6 Å². The van der Waals surface area contributed by atoms with Crippen molar-refractivity contribution in [2.45, 2.75) is 13.8 Å². The van der Waals surface area contributed by atoms with E-state index < -0.39 is 0 Å². The molecular formula is C15H13NOS. The molecule has 0 atom stereocenters. The first kappa shape index (κ1) is 11.2. The van der Waals surface area contributed by atoms with Crippen molar-refractivity contribution < 1.29 is 4.79 Å². The fourth-order valence-corrected chi connectivity index (χ4v) is 3.09. The van der Waals surface area contributed by atoms with E-state index in [-0.39, 0.29) is 0 Å². The van der Waals surface area contributed by atoms with Crippen LogP contribution >= 0.6 is 11.3 Å². The van der Waals surface area contributed by atoms with Crippen LogP contribution in [0.5, 0.6) is 0 Å². The Morgan fingerprint density at radius 3 is 2.67 bits per heavy atom. The summed E-state index contributed by atoms with van der Waals surface area (Å²) in [5.41, 5.74) is 3.96. The standard InChI is InChI=1S/C15H13NOS/c1-10-3-5-12-7-13(14(9-17)16(12)8-10)15-6-4-11(2)18-15/h3-9H,1-2H3. The molecule has 0 fully saturated rings. The van der Waals surface area contributed by atoms with E-state index in [1.54, 1.807) is 11.3 Å². The van der Waals surface area contributed by atoms with Gasteiger partial charge >= 0.3 is 0 Å². The van der Waals surface area contributed by atoms with Crippen molar-refractivity contribution in [3.8, 4) is 10.4 Å². The molecule has 90 valence electrons. The topological polar surface area (TPSA) is 21.5 Å². The Morgan fingerprint density at radius 2 is 2.00 bits per heavy atom. The highest BCUT2D eigenvalue weighted by Gasteiger charge is 2.12. The number of hydrogen-bond acceptors (Lipinski definition) is 2. The second-order valence-corrected chi connectivity index (χ2v) is 5.76. The number of nitrogens with zero attached hydrogens (tertiary/aromatic N) is 1. The number of thiophene rings is 1. The molecule has 3 rings (SSSR count). The number of aldehydes is 1. The molecule has 3 heteroatoms. The molecule has 0 saturated carbocycles. The van der Waals surface area contributed by atoms with Crippen LogP contribution in [-0.2, 0) is 0 Å². The van der Waals surface area contributed by atoms with Gasteiger partial charge < -0.3 is 4.40 Å². The number of aromatic nitrogens is 1. The van der Waals surface area contributed by atoms with Crippen LogP contribution in [0.2, 0.25) is 0 Å². The van der Waals surface area contributed by atoms with Gasteiger partial charge in [-0.2, -0.15) is 0 Å². The summed E-state index contributed by atoms with van der Waals surface area (Å²) in [6.07, 6.45) is 2.94. The Labute approximate surface area is 110 Å². The van der Waals surface area contributed by atoms with Crippen LogP contribution < -0.4 is 0 Å². The summed E-state index contributed by atoms with van der Waals surface area (Å²) in [6, 6.07) is 10.4. The zero-order chi connectivity index (χ0) is 12.7. The van der Waals surface area contributed by atoms with Gasteiger partial charge in [-0.15, -0.1) is 11.3 Å². The molecule has 3 heterocycles. The lowest BCUT2D eigenvalue weighted by Gasteiger charge is -1.99. The normalized spacial score (nSPS) is 11.0. The number of hydrogen-bond donors (Lipinski definition) is 0. The summed E-state index contributed by atoms with van der Waals surface area (Å²) in [6.45, 7) is 4.11. The summed E-state index contributed by atoms with van der Waals surface area (Å²) in [5, 5.41) is 0. The second kappa shape index (κ2) is 4.10. The molecule has 0 saturated heterocycles. The number of fused-ring (bicyclic) bond motifs is 1. The molecule has 0 aromatic carbocycles. The molecule has 3 aromatic heterocycles. The predicted octanol–water partition coefficient (Wildman–Crippen LogP) is 4.10. The maximum Gasteiger partial charge on any atom is 0.167 e. The van der Waals surface area contributed by atoms with Gasteiger partial charge in [-0.05, 0) is 43.7 Å². The van der Waals surface area contributed by atoms with Gasteiger partial charge in [0.1, 0.15) is 0 Å². The second-order valence-electron chi connectivity index (χ2n) is 4.47. The quantitative estimate of drug-likeness (QED) is 0.632. The van der Waals surface area contributed by atoms with Gasteiger partial charge in [-0.3, -0.25) is 4.79 Å². The van der Waals surface area contributed by atoms with Gasteiger partial charge in [0, 0.05) is 27.0 Å². The minimum Gasteiger partial charge on any atom is -0.313 e. The van der Waals surface area contributed by atoms with Crippen molar-refractivity contribution in [3.05, 3.63) is 52.7 Å². The number of rotatable bonds is 2. The molecule has 2 nitrogen and oxygen atoms in total. The van der Waals surface area contributed by atoms with Crippen LogP contribution in [0.15, 0.2) is 36.5 Å². The molecular weight excluding hydrogens is 242 g/mol. The maximum absolute atomic E-state index is 11.4. The third kappa shape index (κ3) is 1.68. The first-order chi connectivity index (χ1) is 8.69. The Hall–Kier alpha value is -1.87. The SMILES string of the molecule is Cc1ccc2cc(-c3ccc(C)s3)c(C=O)n2c1. The number of aryl methyl sites for hydroxylation is 2. The van der Waals surface area contributed by atoms with Crippen molar-refractivity contribution in [2.24, 2.45) is 0 Å². The molecule has 0 aliphatic heterocycles. The summed E-state index contributed by atoms with van der Waals surface area (Å²) < 4.78 is 1.96. The van der Waals surface area contributed by atoms with Gasteiger partial charge in [0.25, 0.3) is 0 Å². The van der Waals surface area contributed by atoms with Crippen molar-refractivity contribution in [1.82, 2.24) is 4.40 Å². The summed E-state index contributed by atoms with van der Waals surface area (Å²) >= 11 is 1.72. The molecule has 0 spiro atoms. The Kier molecular flexibility index (Phi) is 2.56. The van der Waals surface area contributed by atoms with Crippen molar-refractivity contribution in [1.29, 1.82) is 0 Å². The smallest absolute Gasteiger partial charge is 0.167 e. The fraction of sp³-hybridized carbons (Fsp3) is 0.133. The van der Waals surface area contributed by atoms with E-state index in [4.69, 9.17) is 0 Å². The Balaban J connectivity index is 2.32. The van der Waals surface area contributed by atoms with Crippen molar-refractivity contribution in [2.75, 3.05) is 0 Å². The fourth-order valence-electron chi connectivity index (χ4n) is 2.19. The van der Waals surface area contributed by atoms with Crippen LogP contribution in [0.1, 0.15) is 20.9 Å². The molecule has 0 bridgehead atoms. The average molecular weight is 255 g/mol. The Morgan fingerprint density at radius 1 is 1.17 bits per heavy atom. The van der Waals surface area contributed by atoms with Gasteiger partial charge in [-0.25, -0.2) is 0 Å². The van der Waals surface area contributed by atoms with Crippen LogP contribution in [0.3, 0.4) is 0 Å². The zero-order valence-electron chi connectivity index (χ0n) is 10.3. The lowest BCUT2D eigenvalue weighted by molar-refractivity contribution is 0.111. The molecule has 0 radical (unpaired) electrons. The first-order valence-electron chi connectivity index (χ1n) is 5.83. The van der Waals surface area contributed by atoms with E-state index in [0.717, 1.165) is 33.5 Å². The average Bonchev–Trinajstić information content (AvgIpc) is 2.91. The zero-order valence-corrected chi connectivity index (χ0v) is 11.1. The van der Waals surface area contributed by atoms with Gasteiger partial charge in [0.15, 0.2) is 6.29 Å². The maximum atomic E-state index is 11.4. The van der Waals surface area contributed by atoms with E-state index >= 15 is 0 Å². The Bertz CT molecular complexity index is 736. The first-order valence-corrected chi connectivity index (χ1v) is 6.64. The minimum absolute atomic E-state index is 0.732. The highest BCUT2D eigenvalue weighted by atomic mass is 32.1. The van der Waals surface area contributed by atoms with E-state index in [9.17, 15) is 4.79 Å². The lowest BCUT2D eigenvalue weighted by Crippen LogP contribution is -1.92. The summed E-state index contributed by atoms with van der Waals surface area (Å²) in [5.74, 6) is 0. The van der Waals surface area contributed by atoms with E-state index in [0.29, 0.717) is 0 Å². The third-order valence-electron chi connectivity index (χ3n) is 3.07. The van der Waals surface area contributed by atoms with Gasteiger partial charge in [0.2, 0.25) is 0 Å². The molecule has 0 aliphatic rings. The predicted molar refractivity (Wildman–Crippen MR) is 75.6 cm³/mol. The summed E-state index contributed by atoms with van der Waals surface area (Å²) in [4.78, 5) is 13.8. The number of carbonyl (C=O) groups is 1. The van der Waals surface area contributed by atoms with Crippen molar-refractivity contribution in [3.63, 3.8) is 0 Å². The van der Waals surface area contributed by atoms with Crippen molar-refractivity contribution >= 4 is 23.1 Å². The molecule has 18 heavy (non-hydrogen) atoms. The largest absolute Gasteiger partial charge is 0.313 e. The lowest BCUT2D eigenvalue weighted by atomic mass is 10.2. The summed E-state index contributed by atoms with van der Waals surface area (Å²) in [7, 11) is 0. The van der Waals surface area contributed by atoms with E-state index in [2.05, 4.69) is 31.2 Å². The van der Waals surface area contributed by atoms with Crippen LogP contribution in [0.4, 0.5) is 0 Å². The highest BCUT2D eigenvalue weighted by molar-refractivity contribution is 7.15. The van der Waals surface area contributed by atoms with E-state index in [1.165, 1.54) is 4.88 Å². The van der Waals surface area contributed by atoms with Crippen LogP contribution in [0.25, 0.3) is 16.0 Å². The molecule has 0 amide bonds. The van der Waals surface area contributed by atoms with Crippen LogP contribution in [-0.4, -0.2) is 10.7 Å². The molecule has 0 unspecified atom stereocenters. The van der Waals surface area contributed by atoms with Gasteiger partial charge in [0.05, 0.1) is 5.69 Å². The molecule has 0 N–H and O–H groups in total. The van der Waals surface area contributed by atoms with Crippen LogP contribution in [0, 0.1) is 13.8 Å². The van der Waals surface area contributed by atoms with Gasteiger partial charge in [-0.1, -0.05) is 6.07 Å². The minimum atomic E-state index is 0.732. The monoisotopic (exact) mass is 255 g/mol. The molecule has 0 aliphatic carbocycles. The molecule has 3 aromatic rings. The number of pyridine rings is 1. The third-order valence-corrected chi connectivity index (χ3v) is 4.11. The number of carbonyl (C=O) groups excluding carboxylic acids is 1.